The number of hydrogen-bond acceptors (Lipinski definition) is 9. The molecule has 1 heterocycles. The van der Waals surface area contributed by atoms with Gasteiger partial charge < -0.3 is 35.3 Å². The first-order valence-corrected chi connectivity index (χ1v) is 7.71. The molecule has 2 aromatic carbocycles. The lowest BCUT2D eigenvalue weighted by Gasteiger charge is -2.13. The second-order valence-corrected chi connectivity index (χ2v) is 5.84. The first-order valence-electron chi connectivity index (χ1n) is 7.71. The number of phenols is 4. The standard InChI is InChI=1S/C18H15NO8/c1-7(19)18(25)27-17-15(24)14-12(23)5-9(20)6-13(14)26-16(17)8-2-3-10(21)11(22)4-8/h2-7,20-23H,19H2,1H3/t7-/m0/s1. The molecule has 0 radical (unpaired) electrons. The van der Waals surface area contributed by atoms with Gasteiger partial charge in [0.25, 0.3) is 0 Å². The van der Waals surface area contributed by atoms with Crippen LogP contribution in [0.2, 0.25) is 0 Å². The minimum Gasteiger partial charge on any atom is -0.508 e. The Morgan fingerprint density at radius 3 is 2.41 bits per heavy atom. The summed E-state index contributed by atoms with van der Waals surface area (Å²) in [5.74, 6) is -3.59. The summed E-state index contributed by atoms with van der Waals surface area (Å²) in [7, 11) is 0. The Bertz CT molecular complexity index is 1120. The van der Waals surface area contributed by atoms with Crippen molar-refractivity contribution >= 4 is 16.9 Å². The van der Waals surface area contributed by atoms with Crippen molar-refractivity contribution in [3.05, 3.63) is 40.6 Å². The molecule has 6 N–H and O–H groups in total. The van der Waals surface area contributed by atoms with Gasteiger partial charge in [-0.2, -0.15) is 0 Å². The zero-order valence-corrected chi connectivity index (χ0v) is 14.0. The molecule has 0 saturated carbocycles. The van der Waals surface area contributed by atoms with Crippen molar-refractivity contribution in [2.45, 2.75) is 13.0 Å². The summed E-state index contributed by atoms with van der Waals surface area (Å²) in [6.07, 6.45) is 0. The van der Waals surface area contributed by atoms with Crippen molar-refractivity contribution in [1.82, 2.24) is 0 Å². The molecule has 27 heavy (non-hydrogen) atoms. The van der Waals surface area contributed by atoms with Crippen LogP contribution in [0, 0.1) is 0 Å². The number of fused-ring (bicyclic) bond motifs is 1. The fourth-order valence-corrected chi connectivity index (χ4v) is 2.41. The van der Waals surface area contributed by atoms with Crippen LogP contribution in [0.5, 0.6) is 28.7 Å². The van der Waals surface area contributed by atoms with E-state index in [1.54, 1.807) is 0 Å². The van der Waals surface area contributed by atoms with E-state index in [0.29, 0.717) is 0 Å². The van der Waals surface area contributed by atoms with Gasteiger partial charge in [-0.1, -0.05) is 0 Å². The van der Waals surface area contributed by atoms with Crippen LogP contribution in [0.25, 0.3) is 22.3 Å². The molecule has 0 saturated heterocycles. The highest BCUT2D eigenvalue weighted by molar-refractivity contribution is 5.90. The zero-order chi connectivity index (χ0) is 19.9. The molecule has 3 aromatic rings. The Labute approximate surface area is 151 Å². The van der Waals surface area contributed by atoms with Crippen LogP contribution < -0.4 is 15.9 Å². The molecule has 0 fully saturated rings. The van der Waals surface area contributed by atoms with Crippen molar-refractivity contribution < 1.29 is 34.4 Å². The third kappa shape index (κ3) is 3.23. The van der Waals surface area contributed by atoms with E-state index in [1.165, 1.54) is 13.0 Å². The SMILES string of the molecule is C[C@H](N)C(=O)Oc1c(-c2ccc(O)c(O)c2)oc2cc(O)cc(O)c2c1=O. The monoisotopic (exact) mass is 373 g/mol. The highest BCUT2D eigenvalue weighted by atomic mass is 16.5. The highest BCUT2D eigenvalue weighted by Crippen LogP contribution is 2.38. The Kier molecular flexibility index (Phi) is 4.38. The fraction of sp³-hybridized carbons (Fsp3) is 0.111. The average molecular weight is 373 g/mol. The van der Waals surface area contributed by atoms with Crippen LogP contribution >= 0.6 is 0 Å². The van der Waals surface area contributed by atoms with Crippen molar-refractivity contribution in [1.29, 1.82) is 0 Å². The first kappa shape index (κ1) is 18.1. The molecule has 0 bridgehead atoms. The van der Waals surface area contributed by atoms with E-state index in [-0.39, 0.29) is 28.0 Å². The molecule has 0 aliphatic rings. The third-order valence-electron chi connectivity index (χ3n) is 3.73. The number of nitrogens with two attached hydrogens (primary N) is 1. The van der Waals surface area contributed by atoms with E-state index >= 15 is 0 Å². The molecule has 9 heteroatoms. The summed E-state index contributed by atoms with van der Waals surface area (Å²) in [6, 6.07) is 4.52. The molecule has 140 valence electrons. The molecule has 0 unspecified atom stereocenters. The molecule has 0 amide bonds. The Hall–Kier alpha value is -3.72. The molecule has 9 nitrogen and oxygen atoms in total. The molecule has 1 aromatic heterocycles. The van der Waals surface area contributed by atoms with E-state index in [2.05, 4.69) is 0 Å². The molecule has 0 aliphatic carbocycles. The quantitative estimate of drug-likeness (QED) is 0.338. The second kappa shape index (κ2) is 6.54. The van der Waals surface area contributed by atoms with Gasteiger partial charge in [-0.05, 0) is 25.1 Å². The summed E-state index contributed by atoms with van der Waals surface area (Å²) in [6.45, 7) is 1.35. The maximum absolute atomic E-state index is 12.8. The number of carbonyl (C=O) groups excluding carboxylic acids is 1. The maximum atomic E-state index is 12.8. The predicted molar refractivity (Wildman–Crippen MR) is 93.9 cm³/mol. The molecule has 0 spiro atoms. The van der Waals surface area contributed by atoms with Crippen molar-refractivity contribution in [3.8, 4) is 40.1 Å². The van der Waals surface area contributed by atoms with Crippen LogP contribution in [-0.4, -0.2) is 32.4 Å². The van der Waals surface area contributed by atoms with E-state index in [4.69, 9.17) is 14.9 Å². The summed E-state index contributed by atoms with van der Waals surface area (Å²) in [5, 5.41) is 38.5. The summed E-state index contributed by atoms with van der Waals surface area (Å²) in [4.78, 5) is 24.8. The molecule has 1 atom stereocenters. The van der Waals surface area contributed by atoms with Gasteiger partial charge in [0.15, 0.2) is 17.3 Å². The molecular formula is C18H15NO8. The number of aromatic hydroxyl groups is 4. The number of hydrogen-bond donors (Lipinski definition) is 5. The van der Waals surface area contributed by atoms with Crippen LogP contribution in [0.3, 0.4) is 0 Å². The largest absolute Gasteiger partial charge is 0.508 e. The lowest BCUT2D eigenvalue weighted by Crippen LogP contribution is -2.32. The maximum Gasteiger partial charge on any atom is 0.328 e. The summed E-state index contributed by atoms with van der Waals surface area (Å²) in [5.41, 5.74) is 4.50. The smallest absolute Gasteiger partial charge is 0.328 e. The predicted octanol–water partition coefficient (Wildman–Crippen LogP) is 1.54. The fourth-order valence-electron chi connectivity index (χ4n) is 2.41. The van der Waals surface area contributed by atoms with Gasteiger partial charge >= 0.3 is 5.97 Å². The van der Waals surface area contributed by atoms with E-state index in [1.807, 2.05) is 0 Å². The van der Waals surface area contributed by atoms with Crippen LogP contribution in [0.1, 0.15) is 6.92 Å². The second-order valence-electron chi connectivity index (χ2n) is 5.84. The van der Waals surface area contributed by atoms with Crippen LogP contribution in [0.15, 0.2) is 39.5 Å². The van der Waals surface area contributed by atoms with Crippen LogP contribution in [0.4, 0.5) is 0 Å². The van der Waals surface area contributed by atoms with Gasteiger partial charge in [0.1, 0.15) is 28.5 Å². The molecule has 3 rings (SSSR count). The number of carbonyl (C=O) groups is 1. The summed E-state index contributed by atoms with van der Waals surface area (Å²) >= 11 is 0. The van der Waals surface area contributed by atoms with Gasteiger partial charge in [0.05, 0.1) is 0 Å². The lowest BCUT2D eigenvalue weighted by molar-refractivity contribution is -0.135. The lowest BCUT2D eigenvalue weighted by atomic mass is 10.1. The number of esters is 1. The normalized spacial score (nSPS) is 12.1. The summed E-state index contributed by atoms with van der Waals surface area (Å²) < 4.78 is 10.6. The van der Waals surface area contributed by atoms with Gasteiger partial charge in [-0.3, -0.25) is 4.79 Å². The van der Waals surface area contributed by atoms with Gasteiger partial charge in [-0.25, -0.2) is 4.79 Å². The van der Waals surface area contributed by atoms with Crippen molar-refractivity contribution in [3.63, 3.8) is 0 Å². The van der Waals surface area contributed by atoms with Crippen molar-refractivity contribution in [2.75, 3.05) is 0 Å². The molecular weight excluding hydrogens is 358 g/mol. The third-order valence-corrected chi connectivity index (χ3v) is 3.73. The first-order chi connectivity index (χ1) is 12.7. The van der Waals surface area contributed by atoms with Gasteiger partial charge in [0.2, 0.25) is 11.2 Å². The number of phenolic OH excluding ortho intramolecular Hbond substituents is 4. The minimum atomic E-state index is -1.05. The topological polar surface area (TPSA) is 163 Å². The van der Waals surface area contributed by atoms with E-state index in [9.17, 15) is 30.0 Å². The van der Waals surface area contributed by atoms with Gasteiger partial charge in [0, 0.05) is 17.7 Å². The Morgan fingerprint density at radius 1 is 1.07 bits per heavy atom. The van der Waals surface area contributed by atoms with Crippen molar-refractivity contribution in [2.24, 2.45) is 5.73 Å². The minimum absolute atomic E-state index is 0.0969. The average Bonchev–Trinajstić information content (AvgIpc) is 2.58. The zero-order valence-electron chi connectivity index (χ0n) is 14.0. The number of ether oxygens (including phenoxy) is 1. The van der Waals surface area contributed by atoms with Gasteiger partial charge in [-0.15, -0.1) is 0 Å². The highest BCUT2D eigenvalue weighted by Gasteiger charge is 2.24. The number of rotatable bonds is 3. The Morgan fingerprint density at radius 2 is 1.78 bits per heavy atom. The van der Waals surface area contributed by atoms with Crippen LogP contribution in [-0.2, 0) is 4.79 Å². The Balaban J connectivity index is 2.36. The van der Waals surface area contributed by atoms with E-state index in [0.717, 1.165) is 24.3 Å². The van der Waals surface area contributed by atoms with E-state index < -0.39 is 40.4 Å². The molecule has 0 aliphatic heterocycles. The number of benzene rings is 2.